The van der Waals surface area contributed by atoms with E-state index in [1.165, 1.54) is 35.2 Å². The Morgan fingerprint density at radius 1 is 1.30 bits per heavy atom. The molecule has 0 saturated heterocycles. The maximum atomic E-state index is 13.4. The lowest BCUT2D eigenvalue weighted by Gasteiger charge is -2.27. The summed E-state index contributed by atoms with van der Waals surface area (Å²) in [6, 6.07) is 6.27. The number of imidazole rings is 1. The number of nitrogens with zero attached hydrogens (tertiary/aromatic N) is 5. The van der Waals surface area contributed by atoms with Gasteiger partial charge in [0.25, 0.3) is 0 Å². The second-order valence-corrected chi connectivity index (χ2v) is 9.87. The molecule has 0 unspecified atom stereocenters. The summed E-state index contributed by atoms with van der Waals surface area (Å²) in [6.07, 6.45) is 5.62. The topological polar surface area (TPSA) is 139 Å². The van der Waals surface area contributed by atoms with Crippen molar-refractivity contribution < 1.29 is 12.5 Å². The number of nitrogens with two attached hydrogens (primary N) is 1. The lowest BCUT2D eigenvalue weighted by molar-refractivity contribution is 0.361. The number of benzene rings is 1. The number of nitriles is 1. The predicted molar refractivity (Wildman–Crippen MR) is 110 cm³/mol. The van der Waals surface area contributed by atoms with E-state index in [1.807, 2.05) is 0 Å². The van der Waals surface area contributed by atoms with Crippen molar-refractivity contribution in [3.8, 4) is 17.3 Å². The maximum Gasteiger partial charge on any atom is 0.241 e. The average Bonchev–Trinajstić information content (AvgIpc) is 3.44. The Labute approximate surface area is 178 Å². The molecule has 2 bridgehead atoms. The number of aromatic nitrogens is 4. The zero-order valence-corrected chi connectivity index (χ0v) is 16.8. The third-order valence-electron chi connectivity index (χ3n) is 6.34. The highest BCUT2D eigenvalue weighted by atomic mass is 32.2. The number of rotatable bonds is 4. The summed E-state index contributed by atoms with van der Waals surface area (Å²) < 4.78 is 54.7. The molecule has 2 heterocycles. The number of sulfonamides is 1. The van der Waals surface area contributed by atoms with Crippen molar-refractivity contribution in [2.24, 2.45) is 5.41 Å². The van der Waals surface area contributed by atoms with E-state index < -0.39 is 27.8 Å². The molecule has 2 aromatic heterocycles. The number of nitrogens with one attached hydrogen (secondary N) is 1. The van der Waals surface area contributed by atoms with Crippen LogP contribution >= 0.6 is 0 Å². The van der Waals surface area contributed by atoms with Gasteiger partial charge in [-0.05, 0) is 56.7 Å². The van der Waals surface area contributed by atoms with Gasteiger partial charge in [0.1, 0.15) is 6.33 Å². The number of anilines is 1. The summed E-state index contributed by atoms with van der Waals surface area (Å²) in [7, 11) is -3.99. The summed E-state index contributed by atoms with van der Waals surface area (Å²) >= 11 is 0. The van der Waals surface area contributed by atoms with Crippen LogP contribution in [0.25, 0.3) is 16.9 Å². The van der Waals surface area contributed by atoms with Gasteiger partial charge < -0.3 is 5.73 Å². The van der Waals surface area contributed by atoms with Crippen molar-refractivity contribution in [2.45, 2.75) is 49.4 Å². The van der Waals surface area contributed by atoms with Gasteiger partial charge in [0.2, 0.25) is 10.0 Å². The van der Waals surface area contributed by atoms with E-state index in [0.717, 1.165) is 0 Å². The van der Waals surface area contributed by atoms with E-state index in [0.29, 0.717) is 32.1 Å². The van der Waals surface area contributed by atoms with Gasteiger partial charge in [-0.15, -0.1) is 0 Å². The van der Waals surface area contributed by atoms with Crippen LogP contribution in [0.1, 0.15) is 41.8 Å². The fourth-order valence-corrected chi connectivity index (χ4v) is 6.25. The highest BCUT2D eigenvalue weighted by molar-refractivity contribution is 7.89. The molecule has 0 amide bonds. The van der Waals surface area contributed by atoms with Crippen molar-refractivity contribution >= 4 is 21.5 Å². The first-order valence-corrected chi connectivity index (χ1v) is 11.0. The average molecular weight is 427 g/mol. The van der Waals surface area contributed by atoms with Gasteiger partial charge in [0, 0.05) is 15.2 Å². The van der Waals surface area contributed by atoms with E-state index in [-0.39, 0.29) is 33.2 Å². The van der Waals surface area contributed by atoms with Crippen molar-refractivity contribution in [1.29, 1.82) is 5.26 Å². The van der Waals surface area contributed by atoms with E-state index in [4.69, 9.17) is 9.85 Å². The summed E-state index contributed by atoms with van der Waals surface area (Å²) in [6.45, 7) is -2.50. The summed E-state index contributed by atoms with van der Waals surface area (Å²) in [4.78, 5) is 7.98. The fourth-order valence-electron chi connectivity index (χ4n) is 4.76. The summed E-state index contributed by atoms with van der Waals surface area (Å²) in [5.41, 5.74) is 5.37. The van der Waals surface area contributed by atoms with Crippen LogP contribution in [0, 0.1) is 23.6 Å². The molecular weight excluding hydrogens is 402 g/mol. The first-order valence-electron chi connectivity index (χ1n) is 11.0. The Kier molecular flexibility index (Phi) is 3.27. The Bertz CT molecular complexity index is 1420. The summed E-state index contributed by atoms with van der Waals surface area (Å²) in [5.74, 6) is 0.111. The van der Waals surface area contributed by atoms with Gasteiger partial charge in [-0.2, -0.15) is 10.4 Å². The molecule has 3 N–H and O–H groups in total. The van der Waals surface area contributed by atoms with Crippen LogP contribution in [-0.2, 0) is 10.0 Å². The molecule has 9 nitrogen and oxygen atoms in total. The van der Waals surface area contributed by atoms with Gasteiger partial charge in [0.05, 0.1) is 28.3 Å². The van der Waals surface area contributed by atoms with Crippen molar-refractivity contribution in [2.75, 3.05) is 5.73 Å². The van der Waals surface area contributed by atoms with E-state index >= 15 is 0 Å². The minimum absolute atomic E-state index is 0.0381. The Morgan fingerprint density at radius 3 is 2.80 bits per heavy atom. The minimum Gasteiger partial charge on any atom is -0.381 e. The number of hydrogen-bond acceptors (Lipinski definition) is 7. The molecule has 2 fully saturated rings. The standard InChI is InChI=1S/C20H21N7O2S/c1-13-2-3-14(8-15(13)16-9-23-18-17(22)24-12-25-27(16)18)30(28,29)26-20-6-4-19(10-20,11-21)5-7-20/h2-3,8-9,12,26H,4-7,10H2,1H3,(H2,22,24,25)/i1D3. The maximum absolute atomic E-state index is 13.4. The monoisotopic (exact) mass is 426 g/mol. The number of nitrogen functional groups attached to an aromatic ring is 1. The first-order chi connectivity index (χ1) is 15.5. The Morgan fingerprint density at radius 2 is 2.10 bits per heavy atom. The highest BCUT2D eigenvalue weighted by Gasteiger charge is 2.56. The molecule has 0 spiro atoms. The van der Waals surface area contributed by atoms with Crippen molar-refractivity contribution in [1.82, 2.24) is 24.3 Å². The molecule has 2 aliphatic rings. The molecular formula is C20H21N7O2S. The van der Waals surface area contributed by atoms with Gasteiger partial charge >= 0.3 is 0 Å². The lowest BCUT2D eigenvalue weighted by atomic mass is 9.86. The molecule has 2 aliphatic carbocycles. The Balaban J connectivity index is 1.60. The van der Waals surface area contributed by atoms with Crippen LogP contribution in [-0.4, -0.2) is 33.5 Å². The zero-order chi connectivity index (χ0) is 23.6. The van der Waals surface area contributed by atoms with Gasteiger partial charge in [-0.1, -0.05) is 6.07 Å². The third kappa shape index (κ3) is 2.77. The highest BCUT2D eigenvalue weighted by Crippen LogP contribution is 2.56. The molecule has 0 radical (unpaired) electrons. The molecule has 10 heteroatoms. The SMILES string of the molecule is [2H]C([2H])([2H])c1ccc(S(=O)(=O)NC23CCC(C#N)(CC2)C3)cc1-c1cnc2c(N)ncnn12. The molecule has 0 aliphatic heterocycles. The minimum atomic E-state index is -3.99. The van der Waals surface area contributed by atoms with Crippen LogP contribution in [0.3, 0.4) is 0 Å². The smallest absolute Gasteiger partial charge is 0.241 e. The molecule has 0 atom stereocenters. The quantitative estimate of drug-likeness (QED) is 0.652. The number of hydrogen-bond donors (Lipinski definition) is 2. The van der Waals surface area contributed by atoms with Crippen LogP contribution in [0.5, 0.6) is 0 Å². The van der Waals surface area contributed by atoms with Gasteiger partial charge in [-0.3, -0.25) is 0 Å². The van der Waals surface area contributed by atoms with Crippen LogP contribution in [0.4, 0.5) is 5.82 Å². The second kappa shape index (κ2) is 6.23. The largest absolute Gasteiger partial charge is 0.381 e. The lowest BCUT2D eigenvalue weighted by Crippen LogP contribution is -2.44. The van der Waals surface area contributed by atoms with E-state index in [1.54, 1.807) is 0 Å². The predicted octanol–water partition coefficient (Wildman–Crippen LogP) is 2.19. The van der Waals surface area contributed by atoms with Gasteiger partial charge in [-0.25, -0.2) is 27.6 Å². The molecule has 3 aromatic rings. The molecule has 2 saturated carbocycles. The molecule has 1 aromatic carbocycles. The second-order valence-electron chi connectivity index (χ2n) is 8.19. The van der Waals surface area contributed by atoms with Gasteiger partial charge in [0.15, 0.2) is 11.5 Å². The van der Waals surface area contributed by atoms with Crippen molar-refractivity contribution in [3.63, 3.8) is 0 Å². The van der Waals surface area contributed by atoms with Crippen molar-refractivity contribution in [3.05, 3.63) is 36.3 Å². The van der Waals surface area contributed by atoms with Crippen LogP contribution in [0.15, 0.2) is 35.6 Å². The van der Waals surface area contributed by atoms with Crippen LogP contribution in [0.2, 0.25) is 0 Å². The fraction of sp³-hybridized carbons (Fsp3) is 0.400. The van der Waals surface area contributed by atoms with E-state index in [9.17, 15) is 13.7 Å². The summed E-state index contributed by atoms with van der Waals surface area (Å²) in [5, 5.41) is 13.6. The first kappa shape index (κ1) is 15.8. The number of aryl methyl sites for hydroxylation is 1. The third-order valence-corrected chi connectivity index (χ3v) is 7.91. The number of fused-ring (bicyclic) bond motifs is 3. The molecule has 154 valence electrons. The normalized spacial score (nSPS) is 27.5. The zero-order valence-electron chi connectivity index (χ0n) is 19.0. The molecule has 30 heavy (non-hydrogen) atoms. The molecule has 5 rings (SSSR count). The van der Waals surface area contributed by atoms with Crippen LogP contribution < -0.4 is 10.5 Å². The van der Waals surface area contributed by atoms with E-state index in [2.05, 4.69) is 25.9 Å². The Hall–Kier alpha value is -3.03.